The van der Waals surface area contributed by atoms with Crippen LogP contribution in [-0.2, 0) is 19.2 Å². The third-order valence-corrected chi connectivity index (χ3v) is 3.20. The minimum Gasteiger partial charge on any atom is -1.00 e. The Bertz CT molecular complexity index is 497. The second-order valence-electron chi connectivity index (χ2n) is 3.86. The molecule has 0 heterocycles. The summed E-state index contributed by atoms with van der Waals surface area (Å²) in [6.45, 7) is 0. The van der Waals surface area contributed by atoms with Crippen molar-refractivity contribution in [3.63, 3.8) is 0 Å². The molecule has 0 fully saturated rings. The molecule has 2 aromatic carbocycles. The van der Waals surface area contributed by atoms with Crippen molar-refractivity contribution in [3.8, 4) is 11.1 Å². The summed E-state index contributed by atoms with van der Waals surface area (Å²) in [6.07, 6.45) is 0. The SMILES string of the molecule is CN(C)c1ccccc1-c1cccc[c]1[Pd+].[Cl-]. The van der Waals surface area contributed by atoms with E-state index in [1.54, 1.807) is 0 Å². The fraction of sp³-hybridized carbons (Fsp3) is 0.143. The molecule has 0 spiro atoms. The van der Waals surface area contributed by atoms with Gasteiger partial charge in [0.1, 0.15) is 0 Å². The Morgan fingerprint density at radius 1 is 0.824 bits per heavy atom. The van der Waals surface area contributed by atoms with Crippen molar-refractivity contribution in [2.45, 2.75) is 0 Å². The summed E-state index contributed by atoms with van der Waals surface area (Å²) in [5, 5.41) is 0. The van der Waals surface area contributed by atoms with Gasteiger partial charge in [-0.05, 0) is 0 Å². The quantitative estimate of drug-likeness (QED) is 0.674. The van der Waals surface area contributed by atoms with Gasteiger partial charge in [0.25, 0.3) is 0 Å². The molecule has 0 N–H and O–H groups in total. The largest absolute Gasteiger partial charge is 1.00 e. The number of anilines is 1. The molecule has 0 bridgehead atoms. The number of halogens is 1. The molecule has 0 unspecified atom stereocenters. The zero-order valence-electron chi connectivity index (χ0n) is 9.76. The van der Waals surface area contributed by atoms with Gasteiger partial charge >= 0.3 is 108 Å². The van der Waals surface area contributed by atoms with Crippen LogP contribution in [0, 0.1) is 0 Å². The van der Waals surface area contributed by atoms with Gasteiger partial charge in [-0.15, -0.1) is 0 Å². The molecule has 0 saturated carbocycles. The maximum atomic E-state index is 3.31. The van der Waals surface area contributed by atoms with Crippen molar-refractivity contribution in [3.05, 3.63) is 48.5 Å². The van der Waals surface area contributed by atoms with E-state index in [0.717, 1.165) is 0 Å². The summed E-state index contributed by atoms with van der Waals surface area (Å²) in [7, 11) is 4.14. The topological polar surface area (TPSA) is 3.24 Å². The van der Waals surface area contributed by atoms with Crippen molar-refractivity contribution in [1.82, 2.24) is 0 Å². The van der Waals surface area contributed by atoms with Crippen molar-refractivity contribution < 1.29 is 31.6 Å². The molecule has 0 saturated heterocycles. The van der Waals surface area contributed by atoms with E-state index < -0.39 is 0 Å². The molecule has 2 rings (SSSR count). The van der Waals surface area contributed by atoms with Crippen LogP contribution in [0.5, 0.6) is 0 Å². The molecular weight excluding hydrogens is 324 g/mol. The van der Waals surface area contributed by atoms with E-state index in [9.17, 15) is 0 Å². The molecule has 0 aliphatic carbocycles. The van der Waals surface area contributed by atoms with Crippen LogP contribution >= 0.6 is 0 Å². The normalized spacial score (nSPS) is 9.65. The second kappa shape index (κ2) is 6.21. The maximum absolute atomic E-state index is 3.31. The number of nitrogens with zero attached hydrogens (tertiary/aromatic N) is 1. The summed E-state index contributed by atoms with van der Waals surface area (Å²) < 4.78 is 1.17. The van der Waals surface area contributed by atoms with Gasteiger partial charge < -0.3 is 12.4 Å². The van der Waals surface area contributed by atoms with Crippen LogP contribution in [0.15, 0.2) is 48.5 Å². The van der Waals surface area contributed by atoms with E-state index >= 15 is 0 Å². The van der Waals surface area contributed by atoms with Crippen molar-refractivity contribution in [1.29, 1.82) is 0 Å². The molecule has 0 aromatic heterocycles. The Labute approximate surface area is 120 Å². The minimum atomic E-state index is 0. The second-order valence-corrected chi connectivity index (χ2v) is 4.70. The van der Waals surface area contributed by atoms with Crippen LogP contribution < -0.4 is 21.3 Å². The third-order valence-electron chi connectivity index (χ3n) is 2.52. The molecule has 17 heavy (non-hydrogen) atoms. The van der Waals surface area contributed by atoms with Crippen LogP contribution in [0.3, 0.4) is 0 Å². The summed E-state index contributed by atoms with van der Waals surface area (Å²) in [6, 6.07) is 16.8. The Morgan fingerprint density at radius 3 is 1.94 bits per heavy atom. The summed E-state index contributed by atoms with van der Waals surface area (Å²) in [5.41, 5.74) is 3.74. The van der Waals surface area contributed by atoms with Gasteiger partial charge in [0.05, 0.1) is 0 Å². The van der Waals surface area contributed by atoms with Gasteiger partial charge in [0, 0.05) is 0 Å². The van der Waals surface area contributed by atoms with Crippen molar-refractivity contribution in [2.24, 2.45) is 0 Å². The van der Waals surface area contributed by atoms with Gasteiger partial charge in [0.15, 0.2) is 0 Å². The van der Waals surface area contributed by atoms with Crippen molar-refractivity contribution >= 4 is 9.72 Å². The first-order valence-electron chi connectivity index (χ1n) is 5.18. The van der Waals surface area contributed by atoms with E-state index in [-0.39, 0.29) is 12.4 Å². The van der Waals surface area contributed by atoms with E-state index in [4.69, 9.17) is 0 Å². The number of hydrogen-bond donors (Lipinski definition) is 0. The fourth-order valence-electron chi connectivity index (χ4n) is 1.75. The summed E-state index contributed by atoms with van der Waals surface area (Å²) in [4.78, 5) is 2.14. The molecule has 0 radical (unpaired) electrons. The minimum absolute atomic E-state index is 0. The van der Waals surface area contributed by atoms with Crippen molar-refractivity contribution in [2.75, 3.05) is 19.0 Å². The average Bonchev–Trinajstić information content (AvgIpc) is 2.29. The zero-order chi connectivity index (χ0) is 11.5. The fourth-order valence-corrected chi connectivity index (χ4v) is 2.24. The van der Waals surface area contributed by atoms with Crippen LogP contribution in [-0.4, -0.2) is 14.1 Å². The molecule has 0 aliphatic heterocycles. The molecule has 1 nitrogen and oxygen atoms in total. The molecule has 0 amide bonds. The molecular formula is C14H14ClNPd. The predicted molar refractivity (Wildman–Crippen MR) is 65.8 cm³/mol. The smallest absolute Gasteiger partial charge is 1.00 e. The van der Waals surface area contributed by atoms with E-state index in [1.807, 2.05) is 6.07 Å². The molecule has 3 heteroatoms. The zero-order valence-corrected chi connectivity index (χ0v) is 12.1. The first-order valence-corrected chi connectivity index (χ1v) is 5.96. The number of rotatable bonds is 2. The van der Waals surface area contributed by atoms with Gasteiger partial charge in [-0.3, -0.25) is 0 Å². The number of hydrogen-bond acceptors (Lipinski definition) is 1. The predicted octanol–water partition coefficient (Wildman–Crippen LogP) is -0.404. The van der Waals surface area contributed by atoms with Gasteiger partial charge in [-0.1, -0.05) is 0 Å². The first-order chi connectivity index (χ1) is 7.70. The standard InChI is InChI=1S/C14H14N.ClH.Pd/c1-15(2)14-11-7-6-10-13(14)12-8-4-3-5-9-12;;/h3-8,10-11H,1-2H3;1H;/q;;+1/p-1. The first kappa shape index (κ1) is 14.3. The Morgan fingerprint density at radius 2 is 1.35 bits per heavy atom. The summed E-state index contributed by atoms with van der Waals surface area (Å²) in [5.74, 6) is 0. The monoisotopic (exact) mass is 337 g/mol. The van der Waals surface area contributed by atoms with E-state index in [0.29, 0.717) is 0 Å². The third kappa shape index (κ3) is 3.10. The van der Waals surface area contributed by atoms with Crippen LogP contribution in [0.25, 0.3) is 11.1 Å². The van der Waals surface area contributed by atoms with Crippen LogP contribution in [0.1, 0.15) is 0 Å². The van der Waals surface area contributed by atoms with Gasteiger partial charge in [0.2, 0.25) is 0 Å². The van der Waals surface area contributed by atoms with Crippen LogP contribution in [0.4, 0.5) is 5.69 Å². The molecule has 0 aliphatic rings. The number of benzene rings is 2. The van der Waals surface area contributed by atoms with Gasteiger partial charge in [-0.25, -0.2) is 0 Å². The Balaban J connectivity index is 0.00000144. The molecule has 2 aromatic rings. The van der Waals surface area contributed by atoms with Crippen LogP contribution in [0.2, 0.25) is 0 Å². The molecule has 0 atom stereocenters. The maximum Gasteiger partial charge on any atom is -1.00 e. The molecule has 92 valence electrons. The summed E-state index contributed by atoms with van der Waals surface area (Å²) >= 11 is 3.31. The average molecular weight is 338 g/mol. The van der Waals surface area contributed by atoms with E-state index in [1.165, 1.54) is 20.9 Å². The number of para-hydroxylation sites is 1. The Kier molecular flexibility index (Phi) is 5.21. The van der Waals surface area contributed by atoms with Gasteiger partial charge in [-0.2, -0.15) is 0 Å². The Hall–Kier alpha value is -0.808. The van der Waals surface area contributed by atoms with E-state index in [2.05, 4.69) is 80.7 Å².